The minimum absolute atomic E-state index is 0.907. The van der Waals surface area contributed by atoms with E-state index in [1.165, 1.54) is 10.9 Å². The second kappa shape index (κ2) is 4.86. The van der Waals surface area contributed by atoms with Crippen LogP contribution < -0.4 is 0 Å². The van der Waals surface area contributed by atoms with E-state index in [4.69, 9.17) is 4.42 Å². The fourth-order valence-corrected chi connectivity index (χ4v) is 2.65. The maximum Gasteiger partial charge on any atom is 0.143 e. The minimum Gasteiger partial charge on any atom is -0.455 e. The molecule has 0 atom stereocenters. The summed E-state index contributed by atoms with van der Waals surface area (Å²) in [5.41, 5.74) is 5.13. The number of fused-ring (bicyclic) bond motifs is 3. The number of hydrogen-bond donors (Lipinski definition) is 0. The predicted octanol–water partition coefficient (Wildman–Crippen LogP) is 5.65. The molecule has 0 radical (unpaired) electrons. The van der Waals surface area contributed by atoms with E-state index in [2.05, 4.69) is 44.3 Å². The molecule has 20 heavy (non-hydrogen) atoms. The van der Waals surface area contributed by atoms with Gasteiger partial charge >= 0.3 is 0 Å². The van der Waals surface area contributed by atoms with Gasteiger partial charge in [-0.25, -0.2) is 0 Å². The molecule has 1 heterocycles. The van der Waals surface area contributed by atoms with E-state index in [0.717, 1.165) is 27.7 Å². The Balaban J connectivity index is 2.44. The van der Waals surface area contributed by atoms with Crippen LogP contribution in [0.25, 0.3) is 27.5 Å². The number of allylic oxidation sites excluding steroid dienone is 4. The largest absolute Gasteiger partial charge is 0.455 e. The number of hydrogen-bond acceptors (Lipinski definition) is 1. The lowest BCUT2D eigenvalue weighted by atomic mass is 10.0. The zero-order valence-corrected chi connectivity index (χ0v) is 11.5. The number of furan rings is 1. The summed E-state index contributed by atoms with van der Waals surface area (Å²) in [7, 11) is 0. The van der Waals surface area contributed by atoms with Gasteiger partial charge in [-0.2, -0.15) is 0 Å². The average Bonchev–Trinajstić information content (AvgIpc) is 2.84. The van der Waals surface area contributed by atoms with Crippen molar-refractivity contribution in [2.45, 2.75) is 6.92 Å². The van der Waals surface area contributed by atoms with E-state index in [9.17, 15) is 0 Å². The molecule has 0 saturated heterocycles. The van der Waals surface area contributed by atoms with Crippen LogP contribution in [0.4, 0.5) is 0 Å². The molecule has 0 aliphatic carbocycles. The summed E-state index contributed by atoms with van der Waals surface area (Å²) < 4.78 is 6.07. The molecule has 0 aliphatic heterocycles. The van der Waals surface area contributed by atoms with Gasteiger partial charge in [0.2, 0.25) is 0 Å². The first-order valence-electron chi connectivity index (χ1n) is 6.62. The zero-order chi connectivity index (χ0) is 14.1. The van der Waals surface area contributed by atoms with E-state index in [1.54, 1.807) is 6.08 Å². The van der Waals surface area contributed by atoms with Crippen LogP contribution in [-0.4, -0.2) is 0 Å². The highest BCUT2D eigenvalue weighted by atomic mass is 16.3. The molecule has 0 N–H and O–H groups in total. The van der Waals surface area contributed by atoms with E-state index < -0.39 is 0 Å². The molecule has 0 spiro atoms. The third-order valence-corrected chi connectivity index (χ3v) is 3.56. The van der Waals surface area contributed by atoms with Crippen LogP contribution >= 0.6 is 0 Å². The quantitative estimate of drug-likeness (QED) is 0.554. The molecule has 1 heteroatoms. The van der Waals surface area contributed by atoms with Crippen molar-refractivity contribution in [2.75, 3.05) is 0 Å². The molecular formula is C19H16O. The van der Waals surface area contributed by atoms with E-state index in [0.29, 0.717) is 0 Å². The number of rotatable bonds is 3. The lowest BCUT2D eigenvalue weighted by molar-refractivity contribution is 0.667. The Morgan fingerprint density at radius 3 is 2.65 bits per heavy atom. The molecule has 1 aromatic heterocycles. The monoisotopic (exact) mass is 260 g/mol. The first kappa shape index (κ1) is 12.5. The molecule has 98 valence electrons. The van der Waals surface area contributed by atoms with Crippen molar-refractivity contribution in [1.82, 2.24) is 0 Å². The second-order valence-electron chi connectivity index (χ2n) is 4.79. The van der Waals surface area contributed by atoms with Gasteiger partial charge in [0.25, 0.3) is 0 Å². The number of benzene rings is 2. The lowest BCUT2D eigenvalue weighted by Gasteiger charge is -2.02. The Morgan fingerprint density at radius 2 is 1.90 bits per heavy atom. The molecular weight excluding hydrogens is 244 g/mol. The minimum atomic E-state index is 0.907. The van der Waals surface area contributed by atoms with Crippen molar-refractivity contribution in [3.63, 3.8) is 0 Å². The maximum atomic E-state index is 6.07. The van der Waals surface area contributed by atoms with Crippen molar-refractivity contribution in [1.29, 1.82) is 0 Å². The van der Waals surface area contributed by atoms with Gasteiger partial charge in [-0.05, 0) is 24.1 Å². The van der Waals surface area contributed by atoms with E-state index in [1.807, 2.05) is 24.3 Å². The van der Waals surface area contributed by atoms with Crippen molar-refractivity contribution >= 4 is 27.5 Å². The normalized spacial score (nSPS) is 11.9. The van der Waals surface area contributed by atoms with Gasteiger partial charge in [-0.15, -0.1) is 0 Å². The molecule has 0 saturated carbocycles. The maximum absolute atomic E-state index is 6.07. The topological polar surface area (TPSA) is 13.1 Å². The molecule has 0 bridgehead atoms. The summed E-state index contributed by atoms with van der Waals surface area (Å²) in [6, 6.07) is 12.4. The van der Waals surface area contributed by atoms with Crippen LogP contribution in [0.3, 0.4) is 0 Å². The Bertz CT molecular complexity index is 847. The van der Waals surface area contributed by atoms with E-state index in [-0.39, 0.29) is 0 Å². The van der Waals surface area contributed by atoms with Crippen molar-refractivity contribution < 1.29 is 4.42 Å². The van der Waals surface area contributed by atoms with Crippen LogP contribution in [0.2, 0.25) is 0 Å². The highest BCUT2D eigenvalue weighted by molar-refractivity contribution is 6.10. The van der Waals surface area contributed by atoms with Crippen LogP contribution in [0.15, 0.2) is 72.2 Å². The number of aryl methyl sites for hydroxylation is 1. The van der Waals surface area contributed by atoms with Gasteiger partial charge < -0.3 is 4.42 Å². The summed E-state index contributed by atoms with van der Waals surface area (Å²) in [5.74, 6) is 0. The van der Waals surface area contributed by atoms with Gasteiger partial charge in [-0.1, -0.05) is 61.7 Å². The predicted molar refractivity (Wildman–Crippen MR) is 86.8 cm³/mol. The molecule has 3 rings (SSSR count). The summed E-state index contributed by atoms with van der Waals surface area (Å²) in [6.45, 7) is 9.74. The van der Waals surface area contributed by atoms with Crippen molar-refractivity contribution in [3.8, 4) is 0 Å². The standard InChI is InChI=1S/C19H16O/c1-4-8-14(5-2)15-10-7-11-16-18-13(3)9-6-12-17(18)20-19(15)16/h4-12H,1-2H2,3H3/b14-8+. The van der Waals surface area contributed by atoms with Crippen molar-refractivity contribution in [2.24, 2.45) is 0 Å². The molecule has 0 unspecified atom stereocenters. The molecule has 0 fully saturated rings. The highest BCUT2D eigenvalue weighted by Gasteiger charge is 2.12. The van der Waals surface area contributed by atoms with E-state index >= 15 is 0 Å². The molecule has 2 aromatic carbocycles. The smallest absolute Gasteiger partial charge is 0.143 e. The van der Waals surface area contributed by atoms with Gasteiger partial charge in [0.1, 0.15) is 11.2 Å². The average molecular weight is 260 g/mol. The summed E-state index contributed by atoms with van der Waals surface area (Å²) in [4.78, 5) is 0. The van der Waals surface area contributed by atoms with Crippen LogP contribution in [0.1, 0.15) is 11.1 Å². The Labute approximate surface area is 118 Å². The molecule has 3 aromatic rings. The van der Waals surface area contributed by atoms with Gasteiger partial charge in [0.05, 0.1) is 0 Å². The fraction of sp³-hybridized carbons (Fsp3) is 0.0526. The number of para-hydroxylation sites is 1. The van der Waals surface area contributed by atoms with Crippen molar-refractivity contribution in [3.05, 3.63) is 78.9 Å². The highest BCUT2D eigenvalue weighted by Crippen LogP contribution is 2.35. The molecule has 0 amide bonds. The third kappa shape index (κ3) is 1.79. The SMILES string of the molecule is C=C/C=C(\C=C)c1cccc2c1oc1cccc(C)c12. The van der Waals surface area contributed by atoms with Crippen LogP contribution in [-0.2, 0) is 0 Å². The molecule has 0 aliphatic rings. The van der Waals surface area contributed by atoms with Crippen LogP contribution in [0.5, 0.6) is 0 Å². The Kier molecular flexibility index (Phi) is 3.03. The summed E-state index contributed by atoms with van der Waals surface area (Å²) in [5, 5.41) is 2.33. The summed E-state index contributed by atoms with van der Waals surface area (Å²) >= 11 is 0. The van der Waals surface area contributed by atoms with Gasteiger partial charge in [-0.3, -0.25) is 0 Å². The zero-order valence-electron chi connectivity index (χ0n) is 11.5. The Hall–Kier alpha value is -2.54. The lowest BCUT2D eigenvalue weighted by Crippen LogP contribution is -1.81. The Morgan fingerprint density at radius 1 is 1.10 bits per heavy atom. The van der Waals surface area contributed by atoms with Gasteiger partial charge in [0, 0.05) is 16.3 Å². The molecule has 1 nitrogen and oxygen atoms in total. The van der Waals surface area contributed by atoms with Gasteiger partial charge in [0.15, 0.2) is 0 Å². The third-order valence-electron chi connectivity index (χ3n) is 3.56. The summed E-state index contributed by atoms with van der Waals surface area (Å²) in [6.07, 6.45) is 5.54. The second-order valence-corrected chi connectivity index (χ2v) is 4.79. The first-order chi connectivity index (χ1) is 9.76. The first-order valence-corrected chi connectivity index (χ1v) is 6.62. The van der Waals surface area contributed by atoms with Crippen LogP contribution in [0, 0.1) is 6.92 Å². The fourth-order valence-electron chi connectivity index (χ4n) is 2.65.